The third-order valence-electron chi connectivity index (χ3n) is 1.95. The van der Waals surface area contributed by atoms with Crippen molar-refractivity contribution in [3.8, 4) is 6.07 Å². The Labute approximate surface area is 103 Å². The van der Waals surface area contributed by atoms with Crippen LogP contribution in [0.4, 0.5) is 13.2 Å². The number of alkyl halides is 3. The van der Waals surface area contributed by atoms with Crippen LogP contribution < -0.4 is 0 Å². The molecular formula is C10H7ClF3NOS. The van der Waals surface area contributed by atoms with E-state index < -0.39 is 28.6 Å². The van der Waals surface area contributed by atoms with Gasteiger partial charge >= 0.3 is 6.18 Å². The van der Waals surface area contributed by atoms with Crippen molar-refractivity contribution in [3.63, 3.8) is 0 Å². The summed E-state index contributed by atoms with van der Waals surface area (Å²) in [4.78, 5) is 0.110. The second-order valence-corrected chi connectivity index (χ2v) is 5.04. The smallest absolute Gasteiger partial charge is 0.254 e. The van der Waals surface area contributed by atoms with Crippen LogP contribution in [0.2, 0.25) is 5.02 Å². The number of halogens is 4. The van der Waals surface area contributed by atoms with Crippen LogP contribution in [0.1, 0.15) is 0 Å². The van der Waals surface area contributed by atoms with Crippen molar-refractivity contribution in [3.05, 3.63) is 29.3 Å². The van der Waals surface area contributed by atoms with E-state index >= 15 is 0 Å². The standard InChI is InChI=1S/C10H7ClF3NOS/c11-8-3-1-2-4-9(8)17(16)6-7(5-15)10(12,13)14/h1-4,7H,6H2. The largest absolute Gasteiger partial charge is 0.405 e. The molecule has 0 amide bonds. The molecule has 0 saturated heterocycles. The first-order chi connectivity index (χ1) is 7.86. The molecule has 17 heavy (non-hydrogen) atoms. The summed E-state index contributed by atoms with van der Waals surface area (Å²) in [6.45, 7) is 0. The van der Waals surface area contributed by atoms with Crippen molar-refractivity contribution < 1.29 is 17.4 Å². The van der Waals surface area contributed by atoms with Crippen molar-refractivity contribution in [2.24, 2.45) is 5.92 Å². The van der Waals surface area contributed by atoms with E-state index in [0.717, 1.165) is 6.07 Å². The maximum absolute atomic E-state index is 12.3. The van der Waals surface area contributed by atoms with Crippen LogP contribution >= 0.6 is 11.6 Å². The summed E-state index contributed by atoms with van der Waals surface area (Å²) in [6.07, 6.45) is -4.67. The molecule has 1 rings (SSSR count). The minimum Gasteiger partial charge on any atom is -0.254 e. The molecule has 0 radical (unpaired) electrons. The van der Waals surface area contributed by atoms with Crippen LogP contribution in [-0.4, -0.2) is 16.1 Å². The van der Waals surface area contributed by atoms with E-state index in [4.69, 9.17) is 16.9 Å². The van der Waals surface area contributed by atoms with Crippen LogP contribution in [0.15, 0.2) is 29.2 Å². The Balaban J connectivity index is 2.87. The van der Waals surface area contributed by atoms with E-state index in [0.29, 0.717) is 0 Å². The molecule has 92 valence electrons. The number of nitrogens with zero attached hydrogens (tertiary/aromatic N) is 1. The van der Waals surface area contributed by atoms with E-state index in [1.165, 1.54) is 18.2 Å². The zero-order valence-electron chi connectivity index (χ0n) is 8.37. The fourth-order valence-electron chi connectivity index (χ4n) is 1.08. The van der Waals surface area contributed by atoms with Gasteiger partial charge in [-0.3, -0.25) is 4.21 Å². The quantitative estimate of drug-likeness (QED) is 0.854. The SMILES string of the molecule is N#CC(CS(=O)c1ccccc1Cl)C(F)(F)F. The second-order valence-electron chi connectivity index (χ2n) is 3.17. The number of rotatable bonds is 3. The Morgan fingerprint density at radius 2 is 2.00 bits per heavy atom. The summed E-state index contributed by atoms with van der Waals surface area (Å²) in [5, 5.41) is 8.52. The lowest BCUT2D eigenvalue weighted by molar-refractivity contribution is -0.153. The van der Waals surface area contributed by atoms with Gasteiger partial charge in [0.15, 0.2) is 5.92 Å². The number of hydrogen-bond acceptors (Lipinski definition) is 2. The zero-order chi connectivity index (χ0) is 13.1. The highest BCUT2D eigenvalue weighted by Crippen LogP contribution is 2.28. The summed E-state index contributed by atoms with van der Waals surface area (Å²) in [5.74, 6) is -3.05. The maximum Gasteiger partial charge on any atom is 0.405 e. The van der Waals surface area contributed by atoms with Gasteiger partial charge < -0.3 is 0 Å². The van der Waals surface area contributed by atoms with Gasteiger partial charge in [0.05, 0.1) is 32.5 Å². The lowest BCUT2D eigenvalue weighted by Crippen LogP contribution is -2.26. The molecule has 0 heterocycles. The van der Waals surface area contributed by atoms with E-state index in [1.54, 1.807) is 6.07 Å². The molecule has 0 bridgehead atoms. The van der Waals surface area contributed by atoms with Gasteiger partial charge in [0, 0.05) is 0 Å². The maximum atomic E-state index is 12.3. The highest BCUT2D eigenvalue weighted by molar-refractivity contribution is 7.85. The summed E-state index contributed by atoms with van der Waals surface area (Å²) in [7, 11) is -1.95. The molecule has 0 N–H and O–H groups in total. The normalized spacial score (nSPS) is 15.0. The number of nitriles is 1. The highest BCUT2D eigenvalue weighted by atomic mass is 35.5. The van der Waals surface area contributed by atoms with E-state index in [2.05, 4.69) is 0 Å². The molecule has 2 nitrogen and oxygen atoms in total. The zero-order valence-corrected chi connectivity index (χ0v) is 9.94. The van der Waals surface area contributed by atoms with Crippen LogP contribution in [0.5, 0.6) is 0 Å². The summed E-state index contributed by atoms with van der Waals surface area (Å²) in [6, 6.07) is 7.01. The Kier molecular flexibility index (Phi) is 4.54. The average Bonchev–Trinajstić information content (AvgIpc) is 2.24. The molecule has 0 aliphatic carbocycles. The van der Waals surface area contributed by atoms with Gasteiger partial charge in [-0.2, -0.15) is 18.4 Å². The molecule has 2 atom stereocenters. The minimum absolute atomic E-state index is 0.110. The van der Waals surface area contributed by atoms with Crippen LogP contribution in [0.25, 0.3) is 0 Å². The molecule has 0 aliphatic heterocycles. The summed E-state index contributed by atoms with van der Waals surface area (Å²) < 4.78 is 48.6. The molecule has 0 aromatic heterocycles. The Hall–Kier alpha value is -1.06. The lowest BCUT2D eigenvalue weighted by atomic mass is 10.2. The first kappa shape index (κ1) is 14.0. The summed E-state index contributed by atoms with van der Waals surface area (Å²) >= 11 is 5.70. The Morgan fingerprint density at radius 3 is 2.47 bits per heavy atom. The molecule has 0 spiro atoms. The topological polar surface area (TPSA) is 40.9 Å². The predicted octanol–water partition coefficient (Wildman–Crippen LogP) is 3.15. The molecule has 7 heteroatoms. The van der Waals surface area contributed by atoms with Gasteiger partial charge in [0.2, 0.25) is 0 Å². The van der Waals surface area contributed by atoms with Gasteiger partial charge in [-0.05, 0) is 12.1 Å². The molecule has 0 fully saturated rings. The Morgan fingerprint density at radius 1 is 1.41 bits per heavy atom. The second kappa shape index (κ2) is 5.52. The fourth-order valence-corrected chi connectivity index (χ4v) is 2.73. The number of hydrogen-bond donors (Lipinski definition) is 0. The first-order valence-electron chi connectivity index (χ1n) is 4.45. The molecule has 1 aromatic rings. The molecule has 0 saturated carbocycles. The van der Waals surface area contributed by atoms with Crippen molar-refractivity contribution in [2.75, 3.05) is 5.75 Å². The van der Waals surface area contributed by atoms with Gasteiger partial charge in [-0.25, -0.2) is 0 Å². The van der Waals surface area contributed by atoms with E-state index in [1.807, 2.05) is 0 Å². The van der Waals surface area contributed by atoms with Crippen LogP contribution in [0, 0.1) is 17.2 Å². The molecular weight excluding hydrogens is 275 g/mol. The van der Waals surface area contributed by atoms with Crippen molar-refractivity contribution in [2.45, 2.75) is 11.1 Å². The monoisotopic (exact) mass is 281 g/mol. The van der Waals surface area contributed by atoms with Gasteiger partial charge in [-0.15, -0.1) is 0 Å². The predicted molar refractivity (Wildman–Crippen MR) is 57.9 cm³/mol. The molecule has 0 aliphatic rings. The fraction of sp³-hybridized carbons (Fsp3) is 0.300. The van der Waals surface area contributed by atoms with Crippen LogP contribution in [0.3, 0.4) is 0 Å². The first-order valence-corrected chi connectivity index (χ1v) is 6.15. The minimum atomic E-state index is -4.67. The lowest BCUT2D eigenvalue weighted by Gasteiger charge is -2.13. The number of benzene rings is 1. The van der Waals surface area contributed by atoms with Gasteiger partial charge in [0.25, 0.3) is 0 Å². The van der Waals surface area contributed by atoms with E-state index in [-0.39, 0.29) is 9.92 Å². The van der Waals surface area contributed by atoms with E-state index in [9.17, 15) is 17.4 Å². The third-order valence-corrected chi connectivity index (χ3v) is 3.88. The van der Waals surface area contributed by atoms with Crippen molar-refractivity contribution in [1.29, 1.82) is 5.26 Å². The average molecular weight is 282 g/mol. The molecule has 1 aromatic carbocycles. The molecule has 2 unspecified atom stereocenters. The van der Waals surface area contributed by atoms with Gasteiger partial charge in [-0.1, -0.05) is 23.7 Å². The Bertz CT molecular complexity index is 469. The van der Waals surface area contributed by atoms with Crippen LogP contribution in [-0.2, 0) is 10.8 Å². The van der Waals surface area contributed by atoms with Crippen molar-refractivity contribution in [1.82, 2.24) is 0 Å². The van der Waals surface area contributed by atoms with Crippen molar-refractivity contribution >= 4 is 22.4 Å². The summed E-state index contributed by atoms with van der Waals surface area (Å²) in [5.41, 5.74) is 0. The van der Waals surface area contributed by atoms with Gasteiger partial charge in [0.1, 0.15) is 0 Å². The third kappa shape index (κ3) is 3.72. The highest BCUT2D eigenvalue weighted by Gasteiger charge is 2.41.